The lowest BCUT2D eigenvalue weighted by Crippen LogP contribution is -2.31. The van der Waals surface area contributed by atoms with Crippen LogP contribution < -0.4 is 11.1 Å². The molecule has 4 nitrogen and oxygen atoms in total. The number of rotatable bonds is 10. The first-order valence-electron chi connectivity index (χ1n) is 6.72. The molecule has 0 bridgehead atoms. The molecule has 4 heteroatoms. The molecule has 0 amide bonds. The second-order valence-corrected chi connectivity index (χ2v) is 4.46. The molecule has 17 heavy (non-hydrogen) atoms. The molecule has 0 aromatic rings. The van der Waals surface area contributed by atoms with E-state index in [9.17, 15) is 4.79 Å². The van der Waals surface area contributed by atoms with Gasteiger partial charge in [0.1, 0.15) is 6.04 Å². The van der Waals surface area contributed by atoms with Gasteiger partial charge in [-0.15, -0.1) is 0 Å². The number of carbonyl (C=O) groups is 1. The van der Waals surface area contributed by atoms with Crippen LogP contribution in [0.15, 0.2) is 0 Å². The molecule has 0 aromatic heterocycles. The van der Waals surface area contributed by atoms with E-state index in [1.165, 1.54) is 20.0 Å². The number of methoxy groups -OCH3 is 1. The Bertz CT molecular complexity index is 192. The summed E-state index contributed by atoms with van der Waals surface area (Å²) in [6.45, 7) is 5.36. The van der Waals surface area contributed by atoms with Gasteiger partial charge in [-0.1, -0.05) is 33.1 Å². The monoisotopic (exact) mass is 244 g/mol. The van der Waals surface area contributed by atoms with Gasteiger partial charge in [-0.25, -0.2) is 0 Å². The zero-order valence-electron chi connectivity index (χ0n) is 11.5. The molecule has 2 atom stereocenters. The van der Waals surface area contributed by atoms with E-state index in [-0.39, 0.29) is 5.97 Å². The van der Waals surface area contributed by atoms with Crippen LogP contribution in [-0.4, -0.2) is 31.7 Å². The minimum atomic E-state index is -0.455. The minimum Gasteiger partial charge on any atom is -0.468 e. The van der Waals surface area contributed by atoms with Gasteiger partial charge in [-0.05, 0) is 25.8 Å². The van der Waals surface area contributed by atoms with E-state index < -0.39 is 6.04 Å². The number of carbonyl (C=O) groups excluding carboxylic acids is 1. The van der Waals surface area contributed by atoms with Crippen LogP contribution >= 0.6 is 0 Å². The molecule has 0 spiro atoms. The highest BCUT2D eigenvalue weighted by Crippen LogP contribution is 2.09. The van der Waals surface area contributed by atoms with Crippen LogP contribution in [0.2, 0.25) is 0 Å². The Balaban J connectivity index is 3.63. The maximum absolute atomic E-state index is 11.1. The summed E-state index contributed by atoms with van der Waals surface area (Å²) < 4.78 is 4.59. The Morgan fingerprint density at radius 1 is 1.24 bits per heavy atom. The Morgan fingerprint density at radius 2 is 1.88 bits per heavy atom. The number of ether oxygens (including phenoxy) is 1. The van der Waals surface area contributed by atoms with Crippen molar-refractivity contribution >= 4 is 5.97 Å². The third-order valence-corrected chi connectivity index (χ3v) is 2.95. The Hall–Kier alpha value is -0.610. The summed E-state index contributed by atoms with van der Waals surface area (Å²) in [5.41, 5.74) is 5.67. The zero-order valence-corrected chi connectivity index (χ0v) is 11.5. The number of nitrogens with two attached hydrogens (primary N) is 1. The highest BCUT2D eigenvalue weighted by atomic mass is 16.5. The second kappa shape index (κ2) is 10.5. The number of unbranched alkanes of at least 4 members (excludes halogenated alkanes) is 1. The van der Waals surface area contributed by atoms with Crippen molar-refractivity contribution in [1.82, 2.24) is 5.32 Å². The molecule has 0 aliphatic heterocycles. The van der Waals surface area contributed by atoms with Crippen molar-refractivity contribution in [2.45, 2.75) is 64.5 Å². The van der Waals surface area contributed by atoms with Gasteiger partial charge in [0.05, 0.1) is 7.11 Å². The first kappa shape index (κ1) is 16.4. The predicted molar refractivity (Wildman–Crippen MR) is 70.8 cm³/mol. The van der Waals surface area contributed by atoms with E-state index in [1.807, 2.05) is 0 Å². The van der Waals surface area contributed by atoms with Crippen molar-refractivity contribution in [3.8, 4) is 0 Å². The van der Waals surface area contributed by atoms with Gasteiger partial charge in [0, 0.05) is 6.04 Å². The van der Waals surface area contributed by atoms with Crippen molar-refractivity contribution in [1.29, 1.82) is 0 Å². The minimum absolute atomic E-state index is 0.304. The third kappa shape index (κ3) is 8.16. The summed E-state index contributed by atoms with van der Waals surface area (Å²) in [5.74, 6) is -0.304. The van der Waals surface area contributed by atoms with E-state index in [0.717, 1.165) is 32.2 Å². The van der Waals surface area contributed by atoms with E-state index in [2.05, 4.69) is 23.9 Å². The van der Waals surface area contributed by atoms with Crippen molar-refractivity contribution in [2.24, 2.45) is 5.73 Å². The molecular formula is C13H28N2O2. The van der Waals surface area contributed by atoms with Gasteiger partial charge >= 0.3 is 5.97 Å². The molecule has 0 aliphatic rings. The molecule has 0 rings (SSSR count). The van der Waals surface area contributed by atoms with Crippen molar-refractivity contribution in [2.75, 3.05) is 13.7 Å². The third-order valence-electron chi connectivity index (χ3n) is 2.95. The van der Waals surface area contributed by atoms with Crippen LogP contribution in [0.5, 0.6) is 0 Å². The number of hydrogen-bond donors (Lipinski definition) is 2. The van der Waals surface area contributed by atoms with Gasteiger partial charge in [0.25, 0.3) is 0 Å². The summed E-state index contributed by atoms with van der Waals surface area (Å²) >= 11 is 0. The summed E-state index contributed by atoms with van der Waals surface area (Å²) in [7, 11) is 1.38. The van der Waals surface area contributed by atoms with Crippen LogP contribution in [0.4, 0.5) is 0 Å². The van der Waals surface area contributed by atoms with Gasteiger partial charge in [-0.2, -0.15) is 0 Å². The van der Waals surface area contributed by atoms with Crippen molar-refractivity contribution < 1.29 is 9.53 Å². The Labute approximate surface area is 105 Å². The largest absolute Gasteiger partial charge is 0.468 e. The molecule has 0 heterocycles. The van der Waals surface area contributed by atoms with Crippen LogP contribution in [0.1, 0.15) is 52.4 Å². The number of hydrogen-bond acceptors (Lipinski definition) is 4. The maximum atomic E-state index is 11.1. The first-order chi connectivity index (χ1) is 8.15. The van der Waals surface area contributed by atoms with Crippen LogP contribution in [0.3, 0.4) is 0 Å². The highest BCUT2D eigenvalue weighted by Gasteiger charge is 2.13. The smallest absolute Gasteiger partial charge is 0.322 e. The van der Waals surface area contributed by atoms with E-state index in [1.54, 1.807) is 0 Å². The fraction of sp³-hybridized carbons (Fsp3) is 0.923. The van der Waals surface area contributed by atoms with Gasteiger partial charge in [0.2, 0.25) is 0 Å². The lowest BCUT2D eigenvalue weighted by atomic mass is 10.0. The quantitative estimate of drug-likeness (QED) is 0.454. The fourth-order valence-electron chi connectivity index (χ4n) is 2.01. The SMILES string of the molecule is CCCC(CCCCC(N)C(=O)OC)NCC. The van der Waals surface area contributed by atoms with Crippen LogP contribution in [0.25, 0.3) is 0 Å². The molecule has 0 saturated carbocycles. The Kier molecular flexibility index (Phi) is 10.2. The van der Waals surface area contributed by atoms with Crippen LogP contribution in [-0.2, 0) is 9.53 Å². The lowest BCUT2D eigenvalue weighted by molar-refractivity contribution is -0.142. The molecule has 102 valence electrons. The predicted octanol–water partition coefficient (Wildman–Crippen LogP) is 1.83. The van der Waals surface area contributed by atoms with Crippen molar-refractivity contribution in [3.05, 3.63) is 0 Å². The average molecular weight is 244 g/mol. The van der Waals surface area contributed by atoms with Gasteiger partial charge in [0.15, 0.2) is 0 Å². The fourth-order valence-corrected chi connectivity index (χ4v) is 2.01. The number of esters is 1. The van der Waals surface area contributed by atoms with E-state index >= 15 is 0 Å². The van der Waals surface area contributed by atoms with Gasteiger partial charge in [-0.3, -0.25) is 4.79 Å². The normalized spacial score (nSPS) is 14.4. The van der Waals surface area contributed by atoms with Crippen LogP contribution in [0, 0.1) is 0 Å². The van der Waals surface area contributed by atoms with Gasteiger partial charge < -0.3 is 15.8 Å². The topological polar surface area (TPSA) is 64.4 Å². The first-order valence-corrected chi connectivity index (χ1v) is 6.72. The second-order valence-electron chi connectivity index (χ2n) is 4.46. The van der Waals surface area contributed by atoms with E-state index in [4.69, 9.17) is 5.73 Å². The summed E-state index contributed by atoms with van der Waals surface area (Å²) in [5, 5.41) is 3.48. The molecule has 0 aliphatic carbocycles. The average Bonchev–Trinajstić information content (AvgIpc) is 2.33. The molecule has 2 unspecified atom stereocenters. The van der Waals surface area contributed by atoms with E-state index in [0.29, 0.717) is 6.04 Å². The standard InChI is InChI=1S/C13H28N2O2/c1-4-8-11(15-5-2)9-6-7-10-12(14)13(16)17-3/h11-12,15H,4-10,14H2,1-3H3. The summed E-state index contributed by atoms with van der Waals surface area (Å²) in [6, 6.07) is 0.156. The molecule has 3 N–H and O–H groups in total. The Morgan fingerprint density at radius 3 is 2.41 bits per heavy atom. The number of nitrogens with one attached hydrogen (secondary N) is 1. The van der Waals surface area contributed by atoms with Crippen molar-refractivity contribution in [3.63, 3.8) is 0 Å². The lowest BCUT2D eigenvalue weighted by Gasteiger charge is -2.17. The highest BCUT2D eigenvalue weighted by molar-refractivity contribution is 5.75. The molecule has 0 radical (unpaired) electrons. The molecule has 0 aromatic carbocycles. The molecule has 0 saturated heterocycles. The summed E-state index contributed by atoms with van der Waals surface area (Å²) in [4.78, 5) is 11.1. The molecule has 0 fully saturated rings. The zero-order chi connectivity index (χ0) is 13.1. The summed E-state index contributed by atoms with van der Waals surface area (Å²) in [6.07, 6.45) is 6.41. The maximum Gasteiger partial charge on any atom is 0.322 e. The molecular weight excluding hydrogens is 216 g/mol.